The minimum atomic E-state index is -0.681. The molecule has 43 heavy (non-hydrogen) atoms. The SMILES string of the molecule is CCCC1=C(C(=O)OCC)[C@@H](c2ccc(C(C)C)cc2)n2c(s/c(=C/c3ccc(-c4ccccc4C(=O)OC)o3)c2=O)=N1. The molecular weight excluding hydrogens is 564 g/mol. The second-order valence-corrected chi connectivity index (χ2v) is 11.5. The van der Waals surface area contributed by atoms with E-state index in [9.17, 15) is 14.4 Å². The molecule has 5 rings (SSSR count). The first-order chi connectivity index (χ1) is 20.8. The molecule has 0 unspecified atom stereocenters. The maximum absolute atomic E-state index is 14.0. The van der Waals surface area contributed by atoms with Gasteiger partial charge in [-0.3, -0.25) is 9.36 Å². The molecule has 0 N–H and O–H groups in total. The molecule has 4 aromatic rings. The van der Waals surface area contributed by atoms with E-state index in [4.69, 9.17) is 18.9 Å². The van der Waals surface area contributed by atoms with Gasteiger partial charge in [0.25, 0.3) is 5.56 Å². The lowest BCUT2D eigenvalue weighted by Crippen LogP contribution is -2.40. The number of ether oxygens (including phenoxy) is 2. The third-order valence-electron chi connectivity index (χ3n) is 7.31. The van der Waals surface area contributed by atoms with Gasteiger partial charge in [0.05, 0.1) is 41.1 Å². The normalized spacial score (nSPS) is 14.9. The third kappa shape index (κ3) is 5.90. The quantitative estimate of drug-likeness (QED) is 0.228. The van der Waals surface area contributed by atoms with Crippen molar-refractivity contribution in [3.05, 3.63) is 114 Å². The summed E-state index contributed by atoms with van der Waals surface area (Å²) in [6.45, 7) is 8.25. The van der Waals surface area contributed by atoms with Gasteiger partial charge in [0.1, 0.15) is 11.5 Å². The van der Waals surface area contributed by atoms with Gasteiger partial charge in [-0.1, -0.05) is 81.0 Å². The molecule has 2 aromatic heterocycles. The molecule has 1 atom stereocenters. The molecule has 0 aliphatic carbocycles. The van der Waals surface area contributed by atoms with Gasteiger partial charge in [-0.2, -0.15) is 0 Å². The summed E-state index contributed by atoms with van der Waals surface area (Å²) in [5.41, 5.74) is 3.67. The van der Waals surface area contributed by atoms with Crippen molar-refractivity contribution < 1.29 is 23.5 Å². The van der Waals surface area contributed by atoms with E-state index < -0.39 is 18.0 Å². The van der Waals surface area contributed by atoms with E-state index in [1.54, 1.807) is 47.9 Å². The van der Waals surface area contributed by atoms with E-state index in [1.807, 2.05) is 37.3 Å². The van der Waals surface area contributed by atoms with Crippen molar-refractivity contribution in [3.63, 3.8) is 0 Å². The predicted molar refractivity (Wildman–Crippen MR) is 166 cm³/mol. The highest BCUT2D eigenvalue weighted by Crippen LogP contribution is 2.33. The zero-order valence-corrected chi connectivity index (χ0v) is 25.7. The van der Waals surface area contributed by atoms with Crippen molar-refractivity contribution in [2.45, 2.75) is 52.5 Å². The molecule has 0 amide bonds. The fourth-order valence-corrected chi connectivity index (χ4v) is 6.19. The minimum Gasteiger partial charge on any atom is -0.465 e. The number of esters is 2. The fourth-order valence-electron chi connectivity index (χ4n) is 5.19. The molecule has 0 saturated carbocycles. The topological polar surface area (TPSA) is 100 Å². The van der Waals surface area contributed by atoms with Gasteiger partial charge >= 0.3 is 11.9 Å². The summed E-state index contributed by atoms with van der Waals surface area (Å²) in [4.78, 5) is 45.0. The van der Waals surface area contributed by atoms with E-state index in [0.717, 1.165) is 17.5 Å². The number of nitrogens with zero attached hydrogens (tertiary/aromatic N) is 2. The summed E-state index contributed by atoms with van der Waals surface area (Å²) in [6, 6.07) is 17.9. The van der Waals surface area contributed by atoms with Gasteiger partial charge in [-0.15, -0.1) is 0 Å². The molecule has 1 aliphatic rings. The van der Waals surface area contributed by atoms with E-state index in [2.05, 4.69) is 13.8 Å². The summed E-state index contributed by atoms with van der Waals surface area (Å²) in [5, 5.41) is 0. The number of carbonyl (C=O) groups is 2. The van der Waals surface area contributed by atoms with Crippen LogP contribution in [0.2, 0.25) is 0 Å². The third-order valence-corrected chi connectivity index (χ3v) is 8.29. The largest absolute Gasteiger partial charge is 0.465 e. The Balaban J connectivity index is 1.66. The van der Waals surface area contributed by atoms with Crippen molar-refractivity contribution in [2.24, 2.45) is 4.99 Å². The van der Waals surface area contributed by atoms with E-state index >= 15 is 0 Å². The molecule has 222 valence electrons. The van der Waals surface area contributed by atoms with Crippen LogP contribution in [0.1, 0.15) is 79.7 Å². The van der Waals surface area contributed by atoms with Crippen LogP contribution in [0.25, 0.3) is 17.4 Å². The molecule has 0 spiro atoms. The fraction of sp³-hybridized carbons (Fsp3) is 0.294. The molecule has 2 aromatic carbocycles. The van der Waals surface area contributed by atoms with Gasteiger partial charge in [-0.25, -0.2) is 14.6 Å². The molecule has 0 fully saturated rings. The van der Waals surface area contributed by atoms with Gasteiger partial charge < -0.3 is 13.9 Å². The van der Waals surface area contributed by atoms with Crippen LogP contribution in [0.15, 0.2) is 86.1 Å². The molecule has 0 radical (unpaired) electrons. The van der Waals surface area contributed by atoms with Crippen LogP contribution in [0.4, 0.5) is 0 Å². The first kappa shape index (κ1) is 30.0. The lowest BCUT2D eigenvalue weighted by Gasteiger charge is -2.26. The number of aromatic nitrogens is 1. The van der Waals surface area contributed by atoms with Crippen LogP contribution in [0, 0.1) is 0 Å². The zero-order chi connectivity index (χ0) is 30.7. The number of furan rings is 1. The van der Waals surface area contributed by atoms with Gasteiger partial charge in [0.2, 0.25) is 0 Å². The van der Waals surface area contributed by atoms with Crippen molar-refractivity contribution in [2.75, 3.05) is 13.7 Å². The molecule has 0 bridgehead atoms. The Morgan fingerprint density at radius 2 is 1.79 bits per heavy atom. The average Bonchev–Trinajstić information content (AvgIpc) is 3.60. The maximum Gasteiger partial charge on any atom is 0.338 e. The van der Waals surface area contributed by atoms with Gasteiger partial charge in [0, 0.05) is 11.6 Å². The number of allylic oxidation sites excluding steroid dienone is 1. The smallest absolute Gasteiger partial charge is 0.338 e. The van der Waals surface area contributed by atoms with Crippen molar-refractivity contribution in [1.29, 1.82) is 0 Å². The Morgan fingerprint density at radius 1 is 1.05 bits per heavy atom. The number of hydrogen-bond acceptors (Lipinski definition) is 8. The van der Waals surface area contributed by atoms with Crippen molar-refractivity contribution in [1.82, 2.24) is 4.57 Å². The second-order valence-electron chi connectivity index (χ2n) is 10.5. The lowest BCUT2D eigenvalue weighted by atomic mass is 9.92. The van der Waals surface area contributed by atoms with Crippen LogP contribution in [0.3, 0.4) is 0 Å². The highest BCUT2D eigenvalue weighted by molar-refractivity contribution is 7.07. The Bertz CT molecular complexity index is 1870. The summed E-state index contributed by atoms with van der Waals surface area (Å²) in [7, 11) is 1.33. The Labute approximate surface area is 253 Å². The molecule has 8 nitrogen and oxygen atoms in total. The first-order valence-corrected chi connectivity index (χ1v) is 15.2. The summed E-state index contributed by atoms with van der Waals surface area (Å²) in [5.74, 6) is 0.309. The minimum absolute atomic E-state index is 0.213. The molecule has 1 aliphatic heterocycles. The van der Waals surface area contributed by atoms with Crippen LogP contribution >= 0.6 is 11.3 Å². The summed E-state index contributed by atoms with van der Waals surface area (Å²) < 4.78 is 18.5. The number of fused-ring (bicyclic) bond motifs is 1. The van der Waals surface area contributed by atoms with Gasteiger partial charge in [0.15, 0.2) is 4.80 Å². The Kier molecular flexibility index (Phi) is 8.92. The average molecular weight is 599 g/mol. The van der Waals surface area contributed by atoms with Gasteiger partial charge in [-0.05, 0) is 48.6 Å². The number of methoxy groups -OCH3 is 1. The molecule has 3 heterocycles. The number of rotatable bonds is 9. The monoisotopic (exact) mass is 598 g/mol. The van der Waals surface area contributed by atoms with Crippen LogP contribution < -0.4 is 14.9 Å². The van der Waals surface area contributed by atoms with E-state index in [-0.39, 0.29) is 12.2 Å². The van der Waals surface area contributed by atoms with Crippen molar-refractivity contribution >= 4 is 29.4 Å². The Hall–Kier alpha value is -4.50. The zero-order valence-electron chi connectivity index (χ0n) is 24.9. The second kappa shape index (κ2) is 12.8. The molecule has 9 heteroatoms. The first-order valence-electron chi connectivity index (χ1n) is 14.4. The standard InChI is InChI=1S/C34H34N2O6S/c1-6-10-26-29(33(39)41-7-2)30(22-15-13-21(14-16-22)20(3)4)36-31(37)28(43-34(36)35-26)19-23-17-18-27(42-23)24-11-8-9-12-25(24)32(38)40-5/h8-9,11-20,30H,6-7,10H2,1-5H3/b28-19+/t30-/m1/s1. The number of carbonyl (C=O) groups excluding carboxylic acids is 2. The molecular formula is C34H34N2O6S. The van der Waals surface area contributed by atoms with Crippen molar-refractivity contribution in [3.8, 4) is 11.3 Å². The Morgan fingerprint density at radius 3 is 2.47 bits per heavy atom. The van der Waals surface area contributed by atoms with Crippen LogP contribution in [-0.4, -0.2) is 30.2 Å². The highest BCUT2D eigenvalue weighted by Gasteiger charge is 2.34. The van der Waals surface area contributed by atoms with Crippen LogP contribution in [0.5, 0.6) is 0 Å². The lowest BCUT2D eigenvalue weighted by molar-refractivity contribution is -0.139. The number of thiazole rings is 1. The molecule has 0 saturated heterocycles. The highest BCUT2D eigenvalue weighted by atomic mass is 32.1. The van der Waals surface area contributed by atoms with E-state index in [0.29, 0.717) is 55.6 Å². The summed E-state index contributed by atoms with van der Waals surface area (Å²) >= 11 is 1.24. The predicted octanol–water partition coefficient (Wildman–Crippen LogP) is 5.75. The van der Waals surface area contributed by atoms with Crippen LogP contribution in [-0.2, 0) is 14.3 Å². The number of benzene rings is 2. The van der Waals surface area contributed by atoms with E-state index in [1.165, 1.54) is 18.4 Å². The number of hydrogen-bond donors (Lipinski definition) is 0. The maximum atomic E-state index is 14.0. The summed E-state index contributed by atoms with van der Waals surface area (Å²) in [6.07, 6.45) is 3.01.